The van der Waals surface area contributed by atoms with Crippen molar-refractivity contribution in [2.75, 3.05) is 23.8 Å². The fraction of sp³-hybridized carbons (Fsp3) is 0.478. The van der Waals surface area contributed by atoms with Crippen molar-refractivity contribution >= 4 is 63.7 Å². The van der Waals surface area contributed by atoms with E-state index in [9.17, 15) is 29.4 Å². The highest BCUT2D eigenvalue weighted by Gasteiger charge is 2.55. The number of aliphatic carboxylic acids is 2. The van der Waals surface area contributed by atoms with Crippen LogP contribution >= 0.6 is 23.3 Å². The van der Waals surface area contributed by atoms with E-state index in [2.05, 4.69) is 19.8 Å². The van der Waals surface area contributed by atoms with E-state index in [0.717, 1.165) is 28.4 Å². The molecule has 0 unspecified atom stereocenters. The Labute approximate surface area is 247 Å². The minimum Gasteiger partial charge on any atom is -0.478 e. The molecule has 0 aliphatic carbocycles. The Bertz CT molecular complexity index is 1500. The first-order valence-corrected chi connectivity index (χ1v) is 14.4. The Morgan fingerprint density at radius 3 is 2.62 bits per heavy atom. The molecule has 42 heavy (non-hydrogen) atoms. The maximum absolute atomic E-state index is 13.2. The normalized spacial score (nSPS) is 18.9. The molecular formula is C23H31N10O7S2+. The monoisotopic (exact) mass is 623 g/mol. The molecule has 2 amide bonds. The maximum atomic E-state index is 13.2. The van der Waals surface area contributed by atoms with E-state index < -0.39 is 46.5 Å². The Hall–Kier alpha value is -4.23. The van der Waals surface area contributed by atoms with Crippen LogP contribution in [0.5, 0.6) is 0 Å². The van der Waals surface area contributed by atoms with Crippen LogP contribution in [0.4, 0.5) is 10.9 Å². The zero-order valence-corrected chi connectivity index (χ0v) is 24.6. The highest BCUT2D eigenvalue weighted by atomic mass is 32.2. The molecule has 19 heteroatoms. The summed E-state index contributed by atoms with van der Waals surface area (Å²) in [5.41, 5.74) is 16.4. The van der Waals surface area contributed by atoms with Crippen molar-refractivity contribution in [3.63, 3.8) is 0 Å². The van der Waals surface area contributed by atoms with Crippen LogP contribution in [-0.4, -0.2) is 87.9 Å². The molecule has 0 bridgehead atoms. The number of β-lactam (4-membered cyclic amide) rings is 1. The van der Waals surface area contributed by atoms with Gasteiger partial charge in [-0.05, 0) is 33.2 Å². The first kappa shape index (κ1) is 30.7. The summed E-state index contributed by atoms with van der Waals surface area (Å²) in [6.07, 6.45) is 3.25. The van der Waals surface area contributed by atoms with E-state index in [0.29, 0.717) is 24.4 Å². The van der Waals surface area contributed by atoms with Gasteiger partial charge in [-0.3, -0.25) is 14.5 Å². The smallest absolute Gasteiger partial charge is 0.352 e. The molecule has 2 aliphatic rings. The Balaban J connectivity index is 1.55. The predicted molar refractivity (Wildman–Crippen MR) is 151 cm³/mol. The number of nitrogens with zero attached hydrogens (tertiary/aromatic N) is 6. The molecule has 4 rings (SSSR count). The molecule has 1 saturated heterocycles. The van der Waals surface area contributed by atoms with Crippen LogP contribution in [0.1, 0.15) is 31.7 Å². The topological polar surface area (TPSA) is 258 Å². The van der Waals surface area contributed by atoms with Gasteiger partial charge in [0.05, 0.1) is 12.6 Å². The van der Waals surface area contributed by atoms with E-state index in [1.54, 1.807) is 16.4 Å². The lowest BCUT2D eigenvalue weighted by Crippen LogP contribution is -2.71. The highest BCUT2D eigenvalue weighted by molar-refractivity contribution is 8.00. The lowest BCUT2D eigenvalue weighted by atomic mass is 10.0. The number of aryl methyl sites for hydroxylation is 1. The molecule has 9 N–H and O–H groups in total. The van der Waals surface area contributed by atoms with Gasteiger partial charge in [-0.2, -0.15) is 9.36 Å². The zero-order chi connectivity index (χ0) is 30.9. The number of carbonyl (C=O) groups excluding carboxylic acids is 2. The minimum absolute atomic E-state index is 0.0184. The van der Waals surface area contributed by atoms with Crippen molar-refractivity contribution in [3.8, 4) is 0 Å². The van der Waals surface area contributed by atoms with Crippen molar-refractivity contribution in [1.29, 1.82) is 0 Å². The molecule has 2 atom stereocenters. The van der Waals surface area contributed by atoms with Crippen molar-refractivity contribution in [2.45, 2.75) is 50.3 Å². The highest BCUT2D eigenvalue weighted by Crippen LogP contribution is 2.40. The number of carbonyl (C=O) groups is 4. The van der Waals surface area contributed by atoms with Crippen molar-refractivity contribution in [3.05, 3.63) is 28.9 Å². The number of oxime groups is 1. The number of fused-ring (bicyclic) bond motifs is 1. The number of nitrogens with one attached hydrogen (secondary N) is 1. The number of amides is 2. The number of hydrogen-bond donors (Lipinski definition) is 6. The third-order valence-corrected chi connectivity index (χ3v) is 8.54. The molecule has 0 radical (unpaired) electrons. The maximum Gasteiger partial charge on any atom is 0.352 e. The van der Waals surface area contributed by atoms with E-state index in [1.165, 1.54) is 25.6 Å². The summed E-state index contributed by atoms with van der Waals surface area (Å²) in [6, 6.07) is -1.10. The number of carboxylic acids is 2. The molecule has 1 fully saturated rings. The molecule has 2 aliphatic heterocycles. The number of nitrogen functional groups attached to an aromatic ring is 2. The Kier molecular flexibility index (Phi) is 8.73. The largest absolute Gasteiger partial charge is 0.478 e. The van der Waals surface area contributed by atoms with Gasteiger partial charge in [0, 0.05) is 22.9 Å². The summed E-state index contributed by atoms with van der Waals surface area (Å²) in [5.74, 6) is -3.63. The molecule has 0 aromatic carbocycles. The standard InChI is InChI=1S/C23H30N10O7S2/c1-23(2,21(38)39)40-29-12(16-28-22(26)42-30-16)17(34)27-13-18(35)33-14(20(36)37)11(9-41-19(13)33)8-32-7-10(5-4-6-24)15(25)31(32)3/h7,13,19,25H,4-6,8-9,24H2,1-3H3,(H5,26,27,28,30,34,36,37,38,39)/p+1/b29-12+/t13-,19-/m1/s1. The van der Waals surface area contributed by atoms with E-state index in [-0.39, 0.29) is 29.0 Å². The van der Waals surface area contributed by atoms with E-state index in [1.807, 2.05) is 6.20 Å². The number of thioether (sulfide) groups is 1. The summed E-state index contributed by atoms with van der Waals surface area (Å²) >= 11 is 2.05. The van der Waals surface area contributed by atoms with Crippen LogP contribution in [0.3, 0.4) is 0 Å². The van der Waals surface area contributed by atoms with Gasteiger partial charge in [-0.15, -0.1) is 21.1 Å². The van der Waals surface area contributed by atoms with Gasteiger partial charge in [0.2, 0.25) is 23.3 Å². The molecule has 0 spiro atoms. The van der Waals surface area contributed by atoms with Crippen LogP contribution in [0, 0.1) is 0 Å². The number of aromatic nitrogens is 4. The number of rotatable bonds is 12. The fourth-order valence-electron chi connectivity index (χ4n) is 4.24. The predicted octanol–water partition coefficient (Wildman–Crippen LogP) is -1.76. The average molecular weight is 624 g/mol. The third-order valence-electron chi connectivity index (χ3n) is 6.66. The lowest BCUT2D eigenvalue weighted by molar-refractivity contribution is -0.765. The van der Waals surface area contributed by atoms with Gasteiger partial charge in [0.1, 0.15) is 17.1 Å². The molecule has 226 valence electrons. The SMILES string of the molecule is Cn1c(N)c(CCCN)c[n+]1CC1=C(C(=O)O)N2C(=O)[C@@H](NC(=O)/C(=N/OC(C)(C)C(=O)O)c3nsc(N)n3)[C@H]2SC1. The second kappa shape index (κ2) is 11.9. The molecular weight excluding hydrogens is 592 g/mol. The van der Waals surface area contributed by atoms with Crippen LogP contribution in [0.15, 0.2) is 22.6 Å². The van der Waals surface area contributed by atoms with Crippen molar-refractivity contribution in [1.82, 2.24) is 24.3 Å². The van der Waals surface area contributed by atoms with Gasteiger partial charge in [-0.1, -0.05) is 5.16 Å². The van der Waals surface area contributed by atoms with Crippen LogP contribution in [0.2, 0.25) is 0 Å². The van der Waals surface area contributed by atoms with Gasteiger partial charge in [-0.25, -0.2) is 9.59 Å². The van der Waals surface area contributed by atoms with Gasteiger partial charge < -0.3 is 37.6 Å². The molecule has 0 saturated carbocycles. The van der Waals surface area contributed by atoms with Gasteiger partial charge >= 0.3 is 11.9 Å². The van der Waals surface area contributed by atoms with E-state index >= 15 is 0 Å². The summed E-state index contributed by atoms with van der Waals surface area (Å²) in [6.45, 7) is 3.13. The average Bonchev–Trinajstić information content (AvgIpc) is 3.47. The van der Waals surface area contributed by atoms with Crippen molar-refractivity contribution in [2.24, 2.45) is 17.9 Å². The first-order valence-electron chi connectivity index (χ1n) is 12.6. The van der Waals surface area contributed by atoms with Crippen LogP contribution in [0.25, 0.3) is 0 Å². The Morgan fingerprint density at radius 2 is 2.02 bits per heavy atom. The number of nitrogens with two attached hydrogens (primary N) is 3. The Morgan fingerprint density at radius 1 is 1.31 bits per heavy atom. The van der Waals surface area contributed by atoms with Gasteiger partial charge in [0.25, 0.3) is 11.8 Å². The second-order valence-corrected chi connectivity index (χ2v) is 11.9. The van der Waals surface area contributed by atoms with Gasteiger partial charge in [0.15, 0.2) is 17.5 Å². The summed E-state index contributed by atoms with van der Waals surface area (Å²) < 4.78 is 7.42. The number of anilines is 2. The molecule has 2 aromatic heterocycles. The summed E-state index contributed by atoms with van der Waals surface area (Å²) in [7, 11) is 1.76. The van der Waals surface area contributed by atoms with Crippen molar-refractivity contribution < 1.29 is 38.9 Å². The molecule has 4 heterocycles. The van der Waals surface area contributed by atoms with E-state index in [4.69, 9.17) is 22.0 Å². The second-order valence-electron chi connectivity index (χ2n) is 9.97. The van der Waals surface area contributed by atoms with Crippen LogP contribution in [-0.2, 0) is 44.0 Å². The summed E-state index contributed by atoms with van der Waals surface area (Å²) in [4.78, 5) is 60.3. The fourth-order valence-corrected chi connectivity index (χ4v) is 6.01. The third kappa shape index (κ3) is 5.88. The summed E-state index contributed by atoms with van der Waals surface area (Å²) in [5, 5.41) is 24.9. The minimum atomic E-state index is -1.79. The molecule has 17 nitrogen and oxygen atoms in total. The zero-order valence-electron chi connectivity index (χ0n) is 22.9. The number of carboxylic acid groups (broad SMARTS) is 2. The first-order chi connectivity index (χ1) is 19.8. The van der Waals surface area contributed by atoms with Crippen LogP contribution < -0.4 is 27.2 Å². The lowest BCUT2D eigenvalue weighted by Gasteiger charge is -2.49. The molecule has 2 aromatic rings. The number of hydrogen-bond acceptors (Lipinski definition) is 13. The quantitative estimate of drug-likeness (QED) is 0.0664.